The van der Waals surface area contributed by atoms with Gasteiger partial charge in [0.1, 0.15) is 5.82 Å². The molecule has 0 atom stereocenters. The molecule has 0 saturated heterocycles. The van der Waals surface area contributed by atoms with Gasteiger partial charge in [-0.15, -0.1) is 0 Å². The predicted molar refractivity (Wildman–Crippen MR) is 72.6 cm³/mol. The fourth-order valence-corrected chi connectivity index (χ4v) is 2.61. The molecule has 7 heteroatoms. The third-order valence-electron chi connectivity index (χ3n) is 3.71. The predicted octanol–water partition coefficient (Wildman–Crippen LogP) is 2.38. The molecule has 1 aliphatic heterocycles. The third kappa shape index (κ3) is 2.61. The topological polar surface area (TPSA) is 47.1 Å². The number of hydrogen-bond donors (Lipinski definition) is 1. The summed E-state index contributed by atoms with van der Waals surface area (Å²) in [6, 6.07) is 3.75. The van der Waals surface area contributed by atoms with Crippen LogP contribution in [0.5, 0.6) is 0 Å². The zero-order chi connectivity index (χ0) is 15.0. The van der Waals surface area contributed by atoms with Crippen LogP contribution in [-0.2, 0) is 25.8 Å². The number of anilines is 1. The van der Waals surface area contributed by atoms with Crippen LogP contribution < -0.4 is 10.6 Å². The minimum absolute atomic E-state index is 0.0736. The van der Waals surface area contributed by atoms with E-state index in [1.165, 1.54) is 6.07 Å². The van der Waals surface area contributed by atoms with Gasteiger partial charge in [-0.25, -0.2) is 4.98 Å². The highest BCUT2D eigenvalue weighted by Gasteiger charge is 2.31. The number of imidazole rings is 1. The van der Waals surface area contributed by atoms with E-state index in [1.54, 1.807) is 6.20 Å². The van der Waals surface area contributed by atoms with Gasteiger partial charge in [-0.1, -0.05) is 0 Å². The first-order valence-corrected chi connectivity index (χ1v) is 6.64. The summed E-state index contributed by atoms with van der Waals surface area (Å²) in [5.74, 6) is 0.907. The van der Waals surface area contributed by atoms with Gasteiger partial charge < -0.3 is 15.2 Å². The maximum absolute atomic E-state index is 12.8. The summed E-state index contributed by atoms with van der Waals surface area (Å²) in [4.78, 5) is 6.27. The maximum atomic E-state index is 12.8. The Kier molecular flexibility index (Phi) is 3.36. The Hall–Kier alpha value is -2.02. The first-order chi connectivity index (χ1) is 9.99. The third-order valence-corrected chi connectivity index (χ3v) is 3.71. The second-order valence-corrected chi connectivity index (χ2v) is 5.00. The number of aromatic nitrogens is 2. The van der Waals surface area contributed by atoms with Gasteiger partial charge in [0.2, 0.25) is 0 Å². The van der Waals surface area contributed by atoms with Crippen LogP contribution in [-0.4, -0.2) is 16.1 Å². The van der Waals surface area contributed by atoms with Crippen LogP contribution in [0, 0.1) is 0 Å². The number of rotatable bonds is 2. The molecule has 0 fully saturated rings. The minimum Gasteiger partial charge on any atom is -0.362 e. The van der Waals surface area contributed by atoms with Gasteiger partial charge in [0.15, 0.2) is 0 Å². The highest BCUT2D eigenvalue weighted by Crippen LogP contribution is 2.33. The van der Waals surface area contributed by atoms with E-state index in [-0.39, 0.29) is 6.54 Å². The molecule has 2 heterocycles. The lowest BCUT2D eigenvalue weighted by molar-refractivity contribution is -0.137. The Bertz CT molecular complexity index is 648. The van der Waals surface area contributed by atoms with Gasteiger partial charge in [0.25, 0.3) is 0 Å². The molecule has 112 valence electrons. The van der Waals surface area contributed by atoms with E-state index in [2.05, 4.69) is 4.98 Å². The molecule has 0 saturated carbocycles. The van der Waals surface area contributed by atoms with Gasteiger partial charge in [0, 0.05) is 37.7 Å². The second kappa shape index (κ2) is 5.07. The van der Waals surface area contributed by atoms with Crippen molar-refractivity contribution in [1.29, 1.82) is 0 Å². The Labute approximate surface area is 120 Å². The van der Waals surface area contributed by atoms with Gasteiger partial charge in [-0.2, -0.15) is 13.2 Å². The van der Waals surface area contributed by atoms with E-state index < -0.39 is 11.7 Å². The minimum atomic E-state index is -4.35. The number of alkyl halides is 3. The summed E-state index contributed by atoms with van der Waals surface area (Å²) in [6.45, 7) is 2.14. The van der Waals surface area contributed by atoms with E-state index in [9.17, 15) is 13.2 Å². The van der Waals surface area contributed by atoms with Crippen molar-refractivity contribution in [2.75, 3.05) is 11.4 Å². The quantitative estimate of drug-likeness (QED) is 0.925. The zero-order valence-corrected chi connectivity index (χ0v) is 11.3. The first-order valence-electron chi connectivity index (χ1n) is 6.64. The van der Waals surface area contributed by atoms with Crippen LogP contribution >= 0.6 is 0 Å². The largest absolute Gasteiger partial charge is 0.416 e. The molecule has 2 N–H and O–H groups in total. The average Bonchev–Trinajstić information content (AvgIpc) is 2.93. The zero-order valence-electron chi connectivity index (χ0n) is 11.3. The number of fused-ring (bicyclic) bond motifs is 1. The molecule has 1 aromatic heterocycles. The van der Waals surface area contributed by atoms with Crippen molar-refractivity contribution >= 4 is 5.69 Å². The Morgan fingerprint density at radius 3 is 2.76 bits per heavy atom. The molecular formula is C14H15F3N4. The van der Waals surface area contributed by atoms with Crippen molar-refractivity contribution < 1.29 is 13.2 Å². The highest BCUT2D eigenvalue weighted by molar-refractivity contribution is 5.56. The number of benzene rings is 1. The number of hydrogen-bond acceptors (Lipinski definition) is 3. The van der Waals surface area contributed by atoms with Crippen LogP contribution in [0.1, 0.15) is 17.0 Å². The lowest BCUT2D eigenvalue weighted by Crippen LogP contribution is -2.34. The SMILES string of the molecule is NCc1cc(C(F)(F)F)ccc1N1CCn2ccnc2C1. The number of nitrogens with zero attached hydrogens (tertiary/aromatic N) is 3. The van der Waals surface area contributed by atoms with Crippen molar-refractivity contribution in [3.8, 4) is 0 Å². The van der Waals surface area contributed by atoms with Crippen LogP contribution in [0.3, 0.4) is 0 Å². The lowest BCUT2D eigenvalue weighted by atomic mass is 10.1. The summed E-state index contributed by atoms with van der Waals surface area (Å²) in [7, 11) is 0. The van der Waals surface area contributed by atoms with Crippen LogP contribution in [0.25, 0.3) is 0 Å². The monoisotopic (exact) mass is 296 g/mol. The summed E-state index contributed by atoms with van der Waals surface area (Å²) >= 11 is 0. The van der Waals surface area contributed by atoms with E-state index in [1.807, 2.05) is 15.7 Å². The van der Waals surface area contributed by atoms with Gasteiger partial charge in [-0.3, -0.25) is 0 Å². The van der Waals surface area contributed by atoms with Crippen molar-refractivity contribution in [1.82, 2.24) is 9.55 Å². The number of nitrogens with two attached hydrogens (primary N) is 1. The van der Waals surface area contributed by atoms with E-state index in [0.29, 0.717) is 12.1 Å². The normalized spacial score (nSPS) is 15.1. The van der Waals surface area contributed by atoms with E-state index in [0.717, 1.165) is 36.7 Å². The smallest absolute Gasteiger partial charge is 0.362 e. The molecular weight excluding hydrogens is 281 g/mol. The molecule has 2 aromatic rings. The van der Waals surface area contributed by atoms with E-state index in [4.69, 9.17) is 5.73 Å². The average molecular weight is 296 g/mol. The molecule has 0 amide bonds. The molecule has 0 radical (unpaired) electrons. The van der Waals surface area contributed by atoms with Gasteiger partial charge in [0.05, 0.1) is 12.1 Å². The van der Waals surface area contributed by atoms with Crippen molar-refractivity contribution in [2.24, 2.45) is 5.73 Å². The molecule has 0 unspecified atom stereocenters. The van der Waals surface area contributed by atoms with Crippen LogP contribution in [0.2, 0.25) is 0 Å². The van der Waals surface area contributed by atoms with Gasteiger partial charge >= 0.3 is 6.18 Å². The van der Waals surface area contributed by atoms with Crippen molar-refractivity contribution in [2.45, 2.75) is 25.8 Å². The summed E-state index contributed by atoms with van der Waals surface area (Å²) in [5.41, 5.74) is 6.22. The fourth-order valence-electron chi connectivity index (χ4n) is 2.61. The Morgan fingerprint density at radius 1 is 1.24 bits per heavy atom. The van der Waals surface area contributed by atoms with Gasteiger partial charge in [-0.05, 0) is 23.8 Å². The lowest BCUT2D eigenvalue weighted by Gasteiger charge is -2.31. The number of halogens is 3. The second-order valence-electron chi connectivity index (χ2n) is 5.00. The fraction of sp³-hybridized carbons (Fsp3) is 0.357. The molecule has 1 aliphatic rings. The summed E-state index contributed by atoms with van der Waals surface area (Å²) < 4.78 is 40.3. The first kappa shape index (κ1) is 13.9. The molecule has 21 heavy (non-hydrogen) atoms. The molecule has 3 rings (SSSR count). The molecule has 1 aromatic carbocycles. The standard InChI is InChI=1S/C14H15F3N4/c15-14(16,17)11-1-2-12(10(7-11)8-18)21-6-5-20-4-3-19-13(20)9-21/h1-4,7H,5-6,8-9,18H2. The highest BCUT2D eigenvalue weighted by atomic mass is 19.4. The Balaban J connectivity index is 1.92. The molecule has 0 aliphatic carbocycles. The summed E-state index contributed by atoms with van der Waals surface area (Å²) in [5, 5.41) is 0. The Morgan fingerprint density at radius 2 is 2.05 bits per heavy atom. The molecule has 0 spiro atoms. The molecule has 0 bridgehead atoms. The van der Waals surface area contributed by atoms with Crippen LogP contribution in [0.15, 0.2) is 30.6 Å². The van der Waals surface area contributed by atoms with Crippen LogP contribution in [0.4, 0.5) is 18.9 Å². The summed E-state index contributed by atoms with van der Waals surface area (Å²) in [6.07, 6.45) is -0.709. The van der Waals surface area contributed by atoms with Crippen molar-refractivity contribution in [3.05, 3.63) is 47.5 Å². The van der Waals surface area contributed by atoms with Crippen molar-refractivity contribution in [3.63, 3.8) is 0 Å². The maximum Gasteiger partial charge on any atom is 0.416 e. The van der Waals surface area contributed by atoms with E-state index >= 15 is 0 Å². The molecule has 4 nitrogen and oxygen atoms in total.